The molecular formula is C29H36N2O. The van der Waals surface area contributed by atoms with Crippen LogP contribution in [-0.2, 0) is 10.8 Å². The van der Waals surface area contributed by atoms with Crippen molar-refractivity contribution in [3.63, 3.8) is 0 Å². The molecule has 3 aromatic rings. The van der Waals surface area contributed by atoms with Gasteiger partial charge in [-0.1, -0.05) is 94.4 Å². The molecule has 0 saturated carbocycles. The number of phenolic OH excluding ortho intramolecular Hbond substituents is 1. The Morgan fingerprint density at radius 3 is 1.84 bits per heavy atom. The summed E-state index contributed by atoms with van der Waals surface area (Å²) >= 11 is 0. The maximum absolute atomic E-state index is 11.4. The van der Waals surface area contributed by atoms with Gasteiger partial charge < -0.3 is 10.0 Å². The summed E-state index contributed by atoms with van der Waals surface area (Å²) in [6.45, 7) is 10.4. The Morgan fingerprint density at radius 1 is 0.781 bits per heavy atom. The summed E-state index contributed by atoms with van der Waals surface area (Å²) in [7, 11) is 4.08. The van der Waals surface area contributed by atoms with Gasteiger partial charge in [0.05, 0.1) is 6.54 Å². The zero-order valence-electron chi connectivity index (χ0n) is 20.3. The van der Waals surface area contributed by atoms with Crippen LogP contribution in [0.4, 0.5) is 0 Å². The van der Waals surface area contributed by atoms with Gasteiger partial charge in [0, 0.05) is 34.7 Å². The number of hydrogen-bond acceptors (Lipinski definition) is 3. The molecule has 0 fully saturated rings. The Bertz CT molecular complexity index is 1050. The lowest BCUT2D eigenvalue weighted by atomic mass is 9.72. The van der Waals surface area contributed by atoms with Crippen LogP contribution in [0.2, 0.25) is 0 Å². The van der Waals surface area contributed by atoms with Crippen molar-refractivity contribution in [1.29, 1.82) is 0 Å². The molecule has 0 bridgehead atoms. The van der Waals surface area contributed by atoms with E-state index in [4.69, 9.17) is 0 Å². The van der Waals surface area contributed by atoms with Gasteiger partial charge in [-0.05, 0) is 36.9 Å². The summed E-state index contributed by atoms with van der Waals surface area (Å²) in [6.07, 6.45) is 1.83. The van der Waals surface area contributed by atoms with Gasteiger partial charge in [0.25, 0.3) is 0 Å². The van der Waals surface area contributed by atoms with E-state index in [1.54, 1.807) is 0 Å². The molecule has 0 aromatic heterocycles. The van der Waals surface area contributed by atoms with Crippen LogP contribution in [0, 0.1) is 0 Å². The van der Waals surface area contributed by atoms with Crippen LogP contribution in [0.5, 0.6) is 5.75 Å². The first-order chi connectivity index (χ1) is 15.1. The van der Waals surface area contributed by atoms with Gasteiger partial charge in [0.1, 0.15) is 5.75 Å². The standard InChI is InChI=1S/C29H36N2O/c1-28(2,23-13-9-7-10-14-23)25-19-22(21-30-17-18-31(5)6)27(32)26(20-25)29(3,4)24-15-11-8-12-16-24/h7-16,19-21,32H,17-18H2,1-6H3. The molecule has 0 unspecified atom stereocenters. The number of aromatic hydroxyl groups is 1. The van der Waals surface area contributed by atoms with E-state index in [2.05, 4.69) is 98.3 Å². The van der Waals surface area contributed by atoms with E-state index >= 15 is 0 Å². The average molecular weight is 429 g/mol. The zero-order valence-corrected chi connectivity index (χ0v) is 20.3. The molecular weight excluding hydrogens is 392 g/mol. The number of nitrogens with zero attached hydrogens (tertiary/aromatic N) is 2. The molecule has 168 valence electrons. The SMILES string of the molecule is CN(C)CCN=Cc1cc(C(C)(C)c2ccccc2)cc(C(C)(C)c2ccccc2)c1O. The highest BCUT2D eigenvalue weighted by Gasteiger charge is 2.31. The summed E-state index contributed by atoms with van der Waals surface area (Å²) in [5.41, 5.74) is 4.67. The van der Waals surface area contributed by atoms with Crippen molar-refractivity contribution in [1.82, 2.24) is 4.90 Å². The fourth-order valence-electron chi connectivity index (χ4n) is 4.05. The molecule has 3 aromatic carbocycles. The van der Waals surface area contributed by atoms with Gasteiger partial charge in [-0.2, -0.15) is 0 Å². The molecule has 0 heterocycles. The third-order valence-electron chi connectivity index (χ3n) is 6.43. The number of likely N-dealkylation sites (N-methyl/N-ethyl adjacent to an activating group) is 1. The van der Waals surface area contributed by atoms with Crippen molar-refractivity contribution >= 4 is 6.21 Å². The normalized spacial score (nSPS) is 12.6. The Balaban J connectivity index is 2.16. The van der Waals surface area contributed by atoms with Crippen LogP contribution < -0.4 is 0 Å². The zero-order chi connectivity index (χ0) is 23.4. The molecule has 0 amide bonds. The van der Waals surface area contributed by atoms with Crippen LogP contribution in [0.15, 0.2) is 77.8 Å². The second kappa shape index (κ2) is 9.70. The van der Waals surface area contributed by atoms with E-state index in [1.165, 1.54) is 11.1 Å². The van der Waals surface area contributed by atoms with Crippen LogP contribution in [0.25, 0.3) is 0 Å². The molecule has 0 aliphatic heterocycles. The van der Waals surface area contributed by atoms with Crippen molar-refractivity contribution in [2.24, 2.45) is 4.99 Å². The van der Waals surface area contributed by atoms with Crippen molar-refractivity contribution < 1.29 is 5.11 Å². The second-order valence-electron chi connectivity index (χ2n) is 9.78. The van der Waals surface area contributed by atoms with E-state index in [1.807, 2.05) is 32.4 Å². The lowest BCUT2D eigenvalue weighted by Gasteiger charge is -2.32. The number of hydrogen-bond donors (Lipinski definition) is 1. The van der Waals surface area contributed by atoms with E-state index in [9.17, 15) is 5.11 Å². The molecule has 0 aliphatic carbocycles. The highest BCUT2D eigenvalue weighted by molar-refractivity contribution is 5.85. The molecule has 0 radical (unpaired) electrons. The van der Waals surface area contributed by atoms with Crippen molar-refractivity contribution in [2.45, 2.75) is 38.5 Å². The number of aliphatic imine (C=N–C) groups is 1. The predicted molar refractivity (Wildman–Crippen MR) is 136 cm³/mol. The quantitative estimate of drug-likeness (QED) is 0.445. The average Bonchev–Trinajstić information content (AvgIpc) is 2.78. The molecule has 0 spiro atoms. The van der Waals surface area contributed by atoms with Gasteiger partial charge in [0.2, 0.25) is 0 Å². The summed E-state index contributed by atoms with van der Waals surface area (Å²) in [5.74, 6) is 0.306. The second-order valence-corrected chi connectivity index (χ2v) is 9.78. The van der Waals surface area contributed by atoms with Gasteiger partial charge in [0.15, 0.2) is 0 Å². The van der Waals surface area contributed by atoms with E-state index in [-0.39, 0.29) is 10.8 Å². The fraction of sp³-hybridized carbons (Fsp3) is 0.345. The van der Waals surface area contributed by atoms with E-state index < -0.39 is 0 Å². The first-order valence-electron chi connectivity index (χ1n) is 11.3. The molecule has 3 heteroatoms. The molecule has 3 rings (SSSR count). The summed E-state index contributed by atoms with van der Waals surface area (Å²) in [5, 5.41) is 11.4. The van der Waals surface area contributed by atoms with Crippen LogP contribution >= 0.6 is 0 Å². The lowest BCUT2D eigenvalue weighted by Crippen LogP contribution is -2.24. The van der Waals surface area contributed by atoms with Gasteiger partial charge >= 0.3 is 0 Å². The largest absolute Gasteiger partial charge is 0.507 e. The van der Waals surface area contributed by atoms with Gasteiger partial charge in [-0.15, -0.1) is 0 Å². The Morgan fingerprint density at radius 2 is 1.31 bits per heavy atom. The molecule has 3 nitrogen and oxygen atoms in total. The van der Waals surface area contributed by atoms with Crippen molar-refractivity contribution in [3.05, 3.63) is 101 Å². The molecule has 0 atom stereocenters. The van der Waals surface area contributed by atoms with Gasteiger partial charge in [-0.25, -0.2) is 0 Å². The molecule has 0 saturated heterocycles. The van der Waals surface area contributed by atoms with E-state index in [0.29, 0.717) is 12.3 Å². The number of rotatable bonds is 8. The summed E-state index contributed by atoms with van der Waals surface area (Å²) < 4.78 is 0. The highest BCUT2D eigenvalue weighted by atomic mass is 16.3. The van der Waals surface area contributed by atoms with Crippen molar-refractivity contribution in [2.75, 3.05) is 27.2 Å². The Labute approximate surface area is 193 Å². The maximum atomic E-state index is 11.4. The topological polar surface area (TPSA) is 35.8 Å². The molecule has 0 aliphatic rings. The predicted octanol–water partition coefficient (Wildman–Crippen LogP) is 6.02. The van der Waals surface area contributed by atoms with Crippen molar-refractivity contribution in [3.8, 4) is 5.75 Å². The number of benzene rings is 3. The first-order valence-corrected chi connectivity index (χ1v) is 11.3. The Hall–Kier alpha value is -2.91. The monoisotopic (exact) mass is 428 g/mol. The van der Waals surface area contributed by atoms with Crippen LogP contribution in [0.1, 0.15) is 55.5 Å². The minimum absolute atomic E-state index is 0.220. The third kappa shape index (κ3) is 5.11. The first kappa shape index (κ1) is 23.7. The molecule has 1 N–H and O–H groups in total. The maximum Gasteiger partial charge on any atom is 0.128 e. The summed E-state index contributed by atoms with van der Waals surface area (Å²) in [6, 6.07) is 25.2. The minimum atomic E-state index is -0.361. The van der Waals surface area contributed by atoms with Crippen LogP contribution in [-0.4, -0.2) is 43.4 Å². The molecule has 32 heavy (non-hydrogen) atoms. The summed E-state index contributed by atoms with van der Waals surface area (Å²) in [4.78, 5) is 6.71. The lowest BCUT2D eigenvalue weighted by molar-refractivity contribution is 0.420. The van der Waals surface area contributed by atoms with Gasteiger partial charge in [-0.3, -0.25) is 4.99 Å². The Kier molecular flexibility index (Phi) is 7.20. The third-order valence-corrected chi connectivity index (χ3v) is 6.43. The smallest absolute Gasteiger partial charge is 0.128 e. The minimum Gasteiger partial charge on any atom is -0.507 e. The van der Waals surface area contributed by atoms with E-state index in [0.717, 1.165) is 23.2 Å². The fourth-order valence-corrected chi connectivity index (χ4v) is 4.05. The van der Waals surface area contributed by atoms with Crippen LogP contribution in [0.3, 0.4) is 0 Å². The number of phenols is 1. The highest BCUT2D eigenvalue weighted by Crippen LogP contribution is 2.42.